The summed E-state index contributed by atoms with van der Waals surface area (Å²) in [6, 6.07) is 8.50. The third kappa shape index (κ3) is 4.68. The number of amides is 1. The number of hydrazine groups is 1. The second-order valence-electron chi connectivity index (χ2n) is 6.01. The van der Waals surface area contributed by atoms with Crippen LogP contribution in [0.1, 0.15) is 58.8 Å². The minimum atomic E-state index is -3.80. The van der Waals surface area contributed by atoms with Crippen molar-refractivity contribution < 1.29 is 13.2 Å². The largest absolute Gasteiger partial charge is 0.276 e. The zero-order chi connectivity index (χ0) is 18.6. The molecule has 1 aromatic carbocycles. The van der Waals surface area contributed by atoms with Crippen molar-refractivity contribution in [2.45, 2.75) is 51.3 Å². The molecular weight excluding hydrogens is 356 g/mol. The van der Waals surface area contributed by atoms with Crippen LogP contribution in [0.5, 0.6) is 0 Å². The molecule has 1 amide bonds. The van der Waals surface area contributed by atoms with Crippen LogP contribution in [0.4, 0.5) is 0 Å². The van der Waals surface area contributed by atoms with E-state index in [-0.39, 0.29) is 4.90 Å². The van der Waals surface area contributed by atoms with Crippen molar-refractivity contribution >= 4 is 27.3 Å². The number of aryl methyl sites for hydroxylation is 2. The summed E-state index contributed by atoms with van der Waals surface area (Å²) in [5, 5.41) is 0. The van der Waals surface area contributed by atoms with Gasteiger partial charge < -0.3 is 0 Å². The molecule has 1 atom stereocenters. The van der Waals surface area contributed by atoms with Crippen molar-refractivity contribution in [1.82, 2.24) is 10.3 Å². The van der Waals surface area contributed by atoms with E-state index in [0.29, 0.717) is 10.8 Å². The molecule has 7 heteroatoms. The van der Waals surface area contributed by atoms with Crippen molar-refractivity contribution in [1.29, 1.82) is 0 Å². The number of carbonyl (C=O) groups excluding carboxylic acids is 1. The molecule has 0 bridgehead atoms. The van der Waals surface area contributed by atoms with Crippen LogP contribution in [0.25, 0.3) is 0 Å². The summed E-state index contributed by atoms with van der Waals surface area (Å²) in [7, 11) is -3.80. The Balaban J connectivity index is 2.06. The van der Waals surface area contributed by atoms with Crippen molar-refractivity contribution in [2.75, 3.05) is 0 Å². The van der Waals surface area contributed by atoms with E-state index >= 15 is 0 Å². The smallest absolute Gasteiger partial charge is 0.273 e. The quantitative estimate of drug-likeness (QED) is 0.718. The van der Waals surface area contributed by atoms with E-state index in [2.05, 4.69) is 24.1 Å². The molecule has 1 heterocycles. The average molecular weight is 381 g/mol. The van der Waals surface area contributed by atoms with E-state index < -0.39 is 15.9 Å². The lowest BCUT2D eigenvalue weighted by molar-refractivity contribution is 0.0949. The summed E-state index contributed by atoms with van der Waals surface area (Å²) >= 11 is 1.37. The standard InChI is InChI=1S/C18H24N2O3S2/c1-5-12(3)14-7-9-15(10-8-14)25(22,23)20-19-18(21)17-11-13(4)16(6-2)24-17/h7-12,20H,5-6H2,1-4H3,(H,19,21)/t12-/m0/s1. The lowest BCUT2D eigenvalue weighted by Gasteiger charge is -2.11. The molecule has 0 aliphatic carbocycles. The van der Waals surface area contributed by atoms with Crippen molar-refractivity contribution in [3.63, 3.8) is 0 Å². The number of benzene rings is 1. The fraction of sp³-hybridized carbons (Fsp3) is 0.389. The molecule has 136 valence electrons. The molecule has 0 aliphatic rings. The average Bonchev–Trinajstić information content (AvgIpc) is 3.00. The van der Waals surface area contributed by atoms with Gasteiger partial charge in [-0.3, -0.25) is 10.2 Å². The summed E-state index contributed by atoms with van der Waals surface area (Å²) in [5.74, 6) is -0.0770. The van der Waals surface area contributed by atoms with E-state index in [0.717, 1.165) is 28.8 Å². The van der Waals surface area contributed by atoms with E-state index in [1.54, 1.807) is 30.3 Å². The van der Waals surface area contributed by atoms with Gasteiger partial charge in [-0.05, 0) is 55.0 Å². The first-order valence-electron chi connectivity index (χ1n) is 8.29. The van der Waals surface area contributed by atoms with Crippen molar-refractivity contribution in [2.24, 2.45) is 0 Å². The van der Waals surface area contributed by atoms with Gasteiger partial charge in [0, 0.05) is 4.88 Å². The molecule has 2 N–H and O–H groups in total. The fourth-order valence-corrected chi connectivity index (χ4v) is 4.28. The molecule has 0 aliphatic heterocycles. The Morgan fingerprint density at radius 1 is 1.20 bits per heavy atom. The van der Waals surface area contributed by atoms with Gasteiger partial charge in [0.15, 0.2) is 0 Å². The Labute approximate surface area is 153 Å². The maximum atomic E-state index is 12.3. The zero-order valence-electron chi connectivity index (χ0n) is 14.9. The summed E-state index contributed by atoms with van der Waals surface area (Å²) in [5.41, 5.74) is 4.42. The first-order chi connectivity index (χ1) is 11.8. The Hall–Kier alpha value is -1.70. The van der Waals surface area contributed by atoms with Crippen LogP contribution in [0.15, 0.2) is 35.2 Å². The van der Waals surface area contributed by atoms with E-state index in [1.807, 2.05) is 13.8 Å². The molecule has 2 aromatic rings. The van der Waals surface area contributed by atoms with Crippen LogP contribution in [0.2, 0.25) is 0 Å². The first kappa shape index (κ1) is 19.6. The number of hydrogen-bond acceptors (Lipinski definition) is 4. The number of nitrogens with one attached hydrogen (secondary N) is 2. The van der Waals surface area contributed by atoms with Crippen molar-refractivity contribution in [3.05, 3.63) is 51.2 Å². The van der Waals surface area contributed by atoms with Gasteiger partial charge >= 0.3 is 0 Å². The molecule has 0 saturated heterocycles. The molecule has 0 saturated carbocycles. The van der Waals surface area contributed by atoms with E-state index in [9.17, 15) is 13.2 Å². The number of sulfonamides is 1. The maximum Gasteiger partial charge on any atom is 0.276 e. The third-order valence-corrected chi connectivity index (χ3v) is 6.88. The summed E-state index contributed by atoms with van der Waals surface area (Å²) in [6.45, 7) is 8.14. The monoisotopic (exact) mass is 380 g/mol. The van der Waals surface area contributed by atoms with E-state index in [1.165, 1.54) is 11.3 Å². The van der Waals surface area contributed by atoms with Gasteiger partial charge in [0.25, 0.3) is 15.9 Å². The van der Waals surface area contributed by atoms with Gasteiger partial charge in [0.05, 0.1) is 9.77 Å². The lowest BCUT2D eigenvalue weighted by Crippen LogP contribution is -2.41. The van der Waals surface area contributed by atoms with Gasteiger partial charge in [0.1, 0.15) is 0 Å². The van der Waals surface area contributed by atoms with Gasteiger partial charge in [-0.2, -0.15) is 0 Å². The highest BCUT2D eigenvalue weighted by molar-refractivity contribution is 7.89. The molecule has 0 spiro atoms. The highest BCUT2D eigenvalue weighted by Gasteiger charge is 2.17. The molecule has 5 nitrogen and oxygen atoms in total. The Morgan fingerprint density at radius 3 is 2.36 bits per heavy atom. The second kappa shape index (κ2) is 8.12. The maximum absolute atomic E-state index is 12.3. The Morgan fingerprint density at radius 2 is 1.84 bits per heavy atom. The predicted octanol–water partition coefficient (Wildman–Crippen LogP) is 3.76. The number of rotatable bonds is 7. The minimum Gasteiger partial charge on any atom is -0.273 e. The van der Waals surface area contributed by atoms with Crippen LogP contribution in [-0.2, 0) is 16.4 Å². The highest BCUT2D eigenvalue weighted by atomic mass is 32.2. The minimum absolute atomic E-state index is 0.122. The molecule has 0 fully saturated rings. The summed E-state index contributed by atoms with van der Waals surface area (Å²) < 4.78 is 24.6. The zero-order valence-corrected chi connectivity index (χ0v) is 16.6. The summed E-state index contributed by atoms with van der Waals surface area (Å²) in [6.07, 6.45) is 1.83. The van der Waals surface area contributed by atoms with Gasteiger partial charge in [-0.25, -0.2) is 8.42 Å². The summed E-state index contributed by atoms with van der Waals surface area (Å²) in [4.78, 5) is 16.1. The molecule has 25 heavy (non-hydrogen) atoms. The molecule has 1 aromatic heterocycles. The van der Waals surface area contributed by atoms with Crippen LogP contribution in [-0.4, -0.2) is 14.3 Å². The van der Waals surface area contributed by atoms with Crippen LogP contribution >= 0.6 is 11.3 Å². The van der Waals surface area contributed by atoms with Gasteiger partial charge in [-0.1, -0.05) is 32.9 Å². The molecule has 0 radical (unpaired) electrons. The third-order valence-electron chi connectivity index (χ3n) is 4.24. The van der Waals surface area contributed by atoms with E-state index in [4.69, 9.17) is 0 Å². The van der Waals surface area contributed by atoms with Gasteiger partial charge in [0.2, 0.25) is 0 Å². The first-order valence-corrected chi connectivity index (χ1v) is 10.6. The van der Waals surface area contributed by atoms with Crippen LogP contribution in [0, 0.1) is 6.92 Å². The normalized spacial score (nSPS) is 12.8. The fourth-order valence-electron chi connectivity index (χ4n) is 2.43. The van der Waals surface area contributed by atoms with Crippen LogP contribution < -0.4 is 10.3 Å². The van der Waals surface area contributed by atoms with Crippen LogP contribution in [0.3, 0.4) is 0 Å². The Bertz CT molecular complexity index is 840. The van der Waals surface area contributed by atoms with Gasteiger partial charge in [-0.15, -0.1) is 16.2 Å². The Kier molecular flexibility index (Phi) is 6.37. The SMILES string of the molecule is CCc1sc(C(=O)NNS(=O)(=O)c2ccc([C@@H](C)CC)cc2)cc1C. The number of thiophene rings is 1. The number of carbonyl (C=O) groups is 1. The van der Waals surface area contributed by atoms with Crippen molar-refractivity contribution in [3.8, 4) is 0 Å². The molecule has 0 unspecified atom stereocenters. The highest BCUT2D eigenvalue weighted by Crippen LogP contribution is 2.22. The predicted molar refractivity (Wildman–Crippen MR) is 101 cm³/mol. The molecular formula is C18H24N2O3S2. The second-order valence-corrected chi connectivity index (χ2v) is 8.83. The number of hydrogen-bond donors (Lipinski definition) is 2. The lowest BCUT2D eigenvalue weighted by atomic mass is 9.99. The molecule has 2 rings (SSSR count). The topological polar surface area (TPSA) is 75.3 Å².